The molecule has 0 amide bonds. The first-order valence-electron chi connectivity index (χ1n) is 9.09. The van der Waals surface area contributed by atoms with Crippen LogP contribution in [0.1, 0.15) is 51.2 Å². The lowest BCUT2D eigenvalue weighted by Gasteiger charge is -2.44. The van der Waals surface area contributed by atoms with Crippen LogP contribution >= 0.6 is 11.8 Å². The van der Waals surface area contributed by atoms with Crippen molar-refractivity contribution < 1.29 is 0 Å². The van der Waals surface area contributed by atoms with Gasteiger partial charge in [0.15, 0.2) is 5.17 Å². The highest BCUT2D eigenvalue weighted by Crippen LogP contribution is 2.40. The molecular weight excluding hydrogens is 328 g/mol. The number of amidine groups is 1. The number of nitrogens with zero attached hydrogens (tertiary/aromatic N) is 3. The van der Waals surface area contributed by atoms with Crippen molar-refractivity contribution >= 4 is 16.9 Å². The fourth-order valence-corrected chi connectivity index (χ4v) is 4.98. The Kier molecular flexibility index (Phi) is 5.71. The lowest BCUT2D eigenvalue weighted by atomic mass is 9.70. The Bertz CT molecular complexity index is 659. The summed E-state index contributed by atoms with van der Waals surface area (Å²) in [6.45, 7) is 8.88. The Morgan fingerprint density at radius 3 is 2.68 bits per heavy atom. The molecule has 0 radical (unpaired) electrons. The summed E-state index contributed by atoms with van der Waals surface area (Å²) in [6, 6.07) is 10.6. The first-order chi connectivity index (χ1) is 11.9. The second-order valence-corrected chi connectivity index (χ2v) is 9.16. The second-order valence-electron chi connectivity index (χ2n) is 8.19. The van der Waals surface area contributed by atoms with Crippen molar-refractivity contribution in [1.82, 2.24) is 10.2 Å². The fourth-order valence-electron chi connectivity index (χ4n) is 4.17. The summed E-state index contributed by atoms with van der Waals surface area (Å²) in [5, 5.41) is 13.4. The van der Waals surface area contributed by atoms with E-state index < -0.39 is 0 Å². The summed E-state index contributed by atoms with van der Waals surface area (Å²) < 4.78 is 0. The van der Waals surface area contributed by atoms with Crippen LogP contribution in [0.2, 0.25) is 0 Å². The molecule has 1 aliphatic carbocycles. The molecule has 25 heavy (non-hydrogen) atoms. The van der Waals surface area contributed by atoms with Crippen LogP contribution < -0.4 is 5.32 Å². The maximum atomic E-state index is 8.85. The number of nitrogens with one attached hydrogen (secondary N) is 1. The molecule has 0 aromatic heterocycles. The van der Waals surface area contributed by atoms with Crippen LogP contribution in [0.15, 0.2) is 29.3 Å². The van der Waals surface area contributed by atoms with Gasteiger partial charge in [-0.05, 0) is 48.3 Å². The van der Waals surface area contributed by atoms with Crippen molar-refractivity contribution in [2.24, 2.45) is 16.3 Å². The number of rotatable bonds is 3. The smallest absolute Gasteiger partial charge is 0.159 e. The van der Waals surface area contributed by atoms with Gasteiger partial charge in [0.05, 0.1) is 25.0 Å². The Hall–Kier alpha value is -1.51. The van der Waals surface area contributed by atoms with Crippen LogP contribution in [0.25, 0.3) is 0 Å². The molecule has 134 valence electrons. The summed E-state index contributed by atoms with van der Waals surface area (Å²) in [6.07, 6.45) is 3.89. The number of benzene rings is 1. The quantitative estimate of drug-likeness (QED) is 0.882. The third-order valence-electron chi connectivity index (χ3n) is 5.17. The highest BCUT2D eigenvalue weighted by atomic mass is 32.2. The topological polar surface area (TPSA) is 51.4 Å². The van der Waals surface area contributed by atoms with E-state index in [2.05, 4.69) is 37.1 Å². The van der Waals surface area contributed by atoms with Crippen molar-refractivity contribution in [3.05, 3.63) is 35.4 Å². The van der Waals surface area contributed by atoms with Gasteiger partial charge in [-0.2, -0.15) is 5.26 Å². The maximum absolute atomic E-state index is 8.85. The van der Waals surface area contributed by atoms with Crippen molar-refractivity contribution in [3.8, 4) is 6.07 Å². The largest absolute Gasteiger partial charge is 0.352 e. The average Bonchev–Trinajstić information content (AvgIpc) is 2.59. The molecule has 1 heterocycles. The molecule has 1 saturated carbocycles. The van der Waals surface area contributed by atoms with Crippen molar-refractivity contribution in [2.45, 2.75) is 51.8 Å². The Morgan fingerprint density at radius 2 is 2.08 bits per heavy atom. The molecule has 2 atom stereocenters. The molecule has 1 aromatic rings. The predicted octanol–water partition coefficient (Wildman–Crippen LogP) is 4.18. The van der Waals surface area contributed by atoms with Crippen LogP contribution in [-0.2, 0) is 5.75 Å². The average molecular weight is 357 g/mol. The molecule has 5 heteroatoms. The van der Waals surface area contributed by atoms with Crippen molar-refractivity contribution in [1.29, 1.82) is 5.26 Å². The van der Waals surface area contributed by atoms with E-state index in [9.17, 15) is 0 Å². The molecule has 1 aromatic carbocycles. The number of nitriles is 1. The van der Waals surface area contributed by atoms with Gasteiger partial charge < -0.3 is 5.32 Å². The van der Waals surface area contributed by atoms with Gasteiger partial charge in [0, 0.05) is 11.8 Å². The summed E-state index contributed by atoms with van der Waals surface area (Å²) >= 11 is 1.74. The van der Waals surface area contributed by atoms with E-state index in [1.165, 1.54) is 24.8 Å². The van der Waals surface area contributed by atoms with Gasteiger partial charge in [0.1, 0.15) is 0 Å². The van der Waals surface area contributed by atoms with Crippen LogP contribution in [0, 0.1) is 22.7 Å². The summed E-state index contributed by atoms with van der Waals surface area (Å²) in [5.74, 6) is 1.68. The molecule has 0 spiro atoms. The lowest BCUT2D eigenvalue weighted by molar-refractivity contribution is 0.0642. The molecule has 0 saturated heterocycles. The van der Waals surface area contributed by atoms with Crippen molar-refractivity contribution in [3.63, 3.8) is 0 Å². The first kappa shape index (κ1) is 18.3. The van der Waals surface area contributed by atoms with Gasteiger partial charge >= 0.3 is 0 Å². The number of hydrogen-bond acceptors (Lipinski definition) is 5. The minimum absolute atomic E-state index is 0.441. The Balaban J connectivity index is 1.51. The molecule has 3 rings (SSSR count). The number of hydrogen-bond donors (Lipinski definition) is 1. The maximum Gasteiger partial charge on any atom is 0.159 e. The molecule has 1 N–H and O–H groups in total. The van der Waals surface area contributed by atoms with Crippen LogP contribution in [-0.4, -0.2) is 29.4 Å². The second kappa shape index (κ2) is 7.80. The van der Waals surface area contributed by atoms with Crippen molar-refractivity contribution in [2.75, 3.05) is 13.3 Å². The van der Waals surface area contributed by atoms with E-state index in [4.69, 9.17) is 10.3 Å². The SMILES string of the molecule is CC1CC(N2CN=C(SCc3ccc(C#N)cc3)NC2)CC(C)(C)C1. The Morgan fingerprint density at radius 1 is 1.32 bits per heavy atom. The fraction of sp³-hybridized carbons (Fsp3) is 0.600. The third kappa shape index (κ3) is 4.99. The van der Waals surface area contributed by atoms with Gasteiger partial charge in [-0.25, -0.2) is 4.99 Å². The number of thioether (sulfide) groups is 1. The minimum atomic E-state index is 0.441. The zero-order chi connectivity index (χ0) is 17.9. The first-order valence-corrected chi connectivity index (χ1v) is 10.1. The van der Waals surface area contributed by atoms with Gasteiger partial charge in [-0.15, -0.1) is 0 Å². The molecule has 2 unspecified atom stereocenters. The zero-order valence-corrected chi connectivity index (χ0v) is 16.3. The van der Waals surface area contributed by atoms with Gasteiger partial charge in [-0.1, -0.05) is 44.7 Å². The van der Waals surface area contributed by atoms with Crippen LogP contribution in [0.5, 0.6) is 0 Å². The number of aliphatic imine (C=N–C) groups is 1. The van der Waals surface area contributed by atoms with Gasteiger partial charge in [-0.3, -0.25) is 4.90 Å². The molecule has 1 aliphatic heterocycles. The minimum Gasteiger partial charge on any atom is -0.352 e. The Labute approximate surface area is 155 Å². The summed E-state index contributed by atoms with van der Waals surface area (Å²) in [5.41, 5.74) is 2.37. The van der Waals surface area contributed by atoms with Crippen LogP contribution in [0.4, 0.5) is 0 Å². The van der Waals surface area contributed by atoms with E-state index >= 15 is 0 Å². The molecule has 2 aliphatic rings. The molecule has 1 fully saturated rings. The monoisotopic (exact) mass is 356 g/mol. The van der Waals surface area contributed by atoms with Crippen LogP contribution in [0.3, 0.4) is 0 Å². The molecule has 0 bridgehead atoms. The standard InChI is InChI=1S/C20H28N4S/c1-15-8-18(10-20(2,3)9-15)24-13-22-19(23-14-24)25-12-17-6-4-16(11-21)5-7-17/h4-7,15,18H,8-10,12-14H2,1-3H3,(H,22,23). The summed E-state index contributed by atoms with van der Waals surface area (Å²) in [7, 11) is 0. The highest BCUT2D eigenvalue weighted by molar-refractivity contribution is 8.13. The third-order valence-corrected chi connectivity index (χ3v) is 6.19. The highest BCUT2D eigenvalue weighted by Gasteiger charge is 2.35. The predicted molar refractivity (Wildman–Crippen MR) is 105 cm³/mol. The van der Waals surface area contributed by atoms with E-state index in [0.717, 1.165) is 30.2 Å². The van der Waals surface area contributed by atoms with E-state index in [1.54, 1.807) is 11.8 Å². The van der Waals surface area contributed by atoms with E-state index in [0.29, 0.717) is 17.0 Å². The van der Waals surface area contributed by atoms with Gasteiger partial charge in [0.2, 0.25) is 0 Å². The molecule has 4 nitrogen and oxygen atoms in total. The van der Waals surface area contributed by atoms with Gasteiger partial charge in [0.25, 0.3) is 0 Å². The zero-order valence-electron chi connectivity index (χ0n) is 15.5. The van der Waals surface area contributed by atoms with E-state index in [-0.39, 0.29) is 0 Å². The lowest BCUT2D eigenvalue weighted by Crippen LogP contribution is -2.50. The van der Waals surface area contributed by atoms with E-state index in [1.807, 2.05) is 24.3 Å². The summed E-state index contributed by atoms with van der Waals surface area (Å²) in [4.78, 5) is 7.24. The normalized spacial score (nSPS) is 26.4. The molecular formula is C20H28N4S.